The lowest BCUT2D eigenvalue weighted by atomic mass is 9.85. The molecule has 0 amide bonds. The zero-order chi connectivity index (χ0) is 13.8. The predicted octanol–water partition coefficient (Wildman–Crippen LogP) is 3.00. The topological polar surface area (TPSA) is 69.6 Å². The molecule has 2 unspecified atom stereocenters. The van der Waals surface area contributed by atoms with Gasteiger partial charge >= 0.3 is 5.97 Å². The number of anilines is 1. The van der Waals surface area contributed by atoms with Crippen molar-refractivity contribution in [1.29, 1.82) is 0 Å². The molecule has 104 valence electrons. The molecule has 1 aromatic rings. The van der Waals surface area contributed by atoms with E-state index < -0.39 is 5.97 Å². The minimum absolute atomic E-state index is 0.123. The SMILES string of the molecule is O=C(O)c1cc(Cl)ccc1NC1CCCCC1CO. The van der Waals surface area contributed by atoms with E-state index in [1.165, 1.54) is 6.07 Å². The van der Waals surface area contributed by atoms with Crippen molar-refractivity contribution in [3.8, 4) is 0 Å². The van der Waals surface area contributed by atoms with Gasteiger partial charge in [-0.05, 0) is 31.0 Å². The van der Waals surface area contributed by atoms with Gasteiger partial charge in [0, 0.05) is 29.3 Å². The summed E-state index contributed by atoms with van der Waals surface area (Å²) in [4.78, 5) is 11.2. The fraction of sp³-hybridized carbons (Fsp3) is 0.500. The number of nitrogens with one attached hydrogen (secondary N) is 1. The molecule has 2 rings (SSSR count). The van der Waals surface area contributed by atoms with Crippen molar-refractivity contribution < 1.29 is 15.0 Å². The molecule has 0 bridgehead atoms. The van der Waals surface area contributed by atoms with Crippen molar-refractivity contribution >= 4 is 23.3 Å². The number of hydrogen-bond donors (Lipinski definition) is 3. The van der Waals surface area contributed by atoms with Crippen molar-refractivity contribution in [3.63, 3.8) is 0 Å². The second-order valence-corrected chi connectivity index (χ2v) is 5.41. The second kappa shape index (κ2) is 6.26. The summed E-state index contributed by atoms with van der Waals surface area (Å²) in [5.74, 6) is -0.813. The minimum Gasteiger partial charge on any atom is -0.478 e. The highest BCUT2D eigenvalue weighted by Crippen LogP contribution is 2.29. The quantitative estimate of drug-likeness (QED) is 0.794. The number of hydrogen-bond acceptors (Lipinski definition) is 3. The van der Waals surface area contributed by atoms with Gasteiger partial charge in [0.1, 0.15) is 0 Å². The van der Waals surface area contributed by atoms with Crippen molar-refractivity contribution in [1.82, 2.24) is 0 Å². The molecule has 0 radical (unpaired) electrons. The second-order valence-electron chi connectivity index (χ2n) is 4.97. The number of carbonyl (C=O) groups is 1. The fourth-order valence-electron chi connectivity index (χ4n) is 2.64. The van der Waals surface area contributed by atoms with Gasteiger partial charge < -0.3 is 15.5 Å². The summed E-state index contributed by atoms with van der Waals surface area (Å²) >= 11 is 5.83. The molecule has 1 aliphatic rings. The molecular weight excluding hydrogens is 266 g/mol. The highest BCUT2D eigenvalue weighted by atomic mass is 35.5. The molecule has 0 spiro atoms. The van der Waals surface area contributed by atoms with E-state index in [2.05, 4.69) is 5.32 Å². The summed E-state index contributed by atoms with van der Waals surface area (Å²) in [5.41, 5.74) is 0.747. The molecule has 1 fully saturated rings. The van der Waals surface area contributed by atoms with E-state index in [1.54, 1.807) is 12.1 Å². The first kappa shape index (κ1) is 14.2. The number of carboxylic acids is 1. The van der Waals surface area contributed by atoms with Gasteiger partial charge in [-0.15, -0.1) is 0 Å². The third kappa shape index (κ3) is 3.39. The van der Waals surface area contributed by atoms with Crippen molar-refractivity contribution in [2.24, 2.45) is 5.92 Å². The Bertz CT molecular complexity index is 464. The largest absolute Gasteiger partial charge is 0.478 e. The summed E-state index contributed by atoms with van der Waals surface area (Å²) in [6, 6.07) is 4.93. The smallest absolute Gasteiger partial charge is 0.337 e. The van der Waals surface area contributed by atoms with E-state index in [0.717, 1.165) is 25.7 Å². The van der Waals surface area contributed by atoms with Crippen LogP contribution in [0.5, 0.6) is 0 Å². The average molecular weight is 284 g/mol. The summed E-state index contributed by atoms with van der Waals surface area (Å²) in [5, 5.41) is 22.2. The first-order chi connectivity index (χ1) is 9.11. The molecule has 4 nitrogen and oxygen atoms in total. The first-order valence-corrected chi connectivity index (χ1v) is 6.90. The van der Waals surface area contributed by atoms with Crippen LogP contribution in [0.1, 0.15) is 36.0 Å². The normalized spacial score (nSPS) is 23.1. The molecule has 3 N–H and O–H groups in total. The number of carboxylic acid groups (broad SMARTS) is 1. The number of aliphatic hydroxyl groups excluding tert-OH is 1. The number of benzene rings is 1. The summed E-state index contributed by atoms with van der Waals surface area (Å²) < 4.78 is 0. The molecule has 1 aliphatic carbocycles. The molecule has 2 atom stereocenters. The number of aromatic carboxylic acids is 1. The van der Waals surface area contributed by atoms with E-state index in [-0.39, 0.29) is 24.1 Å². The van der Waals surface area contributed by atoms with Gasteiger partial charge in [0.05, 0.1) is 5.56 Å². The van der Waals surface area contributed by atoms with E-state index in [9.17, 15) is 15.0 Å². The maximum Gasteiger partial charge on any atom is 0.337 e. The first-order valence-electron chi connectivity index (χ1n) is 6.52. The Hall–Kier alpha value is -1.26. The molecule has 0 aliphatic heterocycles. The van der Waals surface area contributed by atoms with Crippen LogP contribution in [-0.2, 0) is 0 Å². The maximum absolute atomic E-state index is 11.2. The summed E-state index contributed by atoms with van der Waals surface area (Å²) in [6.45, 7) is 0.133. The van der Waals surface area contributed by atoms with Crippen molar-refractivity contribution in [2.45, 2.75) is 31.7 Å². The minimum atomic E-state index is -0.999. The highest BCUT2D eigenvalue weighted by molar-refractivity contribution is 6.31. The van der Waals surface area contributed by atoms with Crippen LogP contribution in [0.3, 0.4) is 0 Å². The summed E-state index contributed by atoms with van der Waals surface area (Å²) in [7, 11) is 0. The number of aliphatic hydroxyl groups is 1. The van der Waals surface area contributed by atoms with E-state index >= 15 is 0 Å². The van der Waals surface area contributed by atoms with Gasteiger partial charge in [0.25, 0.3) is 0 Å². The summed E-state index contributed by atoms with van der Waals surface area (Å²) in [6.07, 6.45) is 4.15. The fourth-order valence-corrected chi connectivity index (χ4v) is 2.81. The average Bonchev–Trinajstić information content (AvgIpc) is 2.41. The Morgan fingerprint density at radius 3 is 2.79 bits per heavy atom. The zero-order valence-corrected chi connectivity index (χ0v) is 11.4. The lowest BCUT2D eigenvalue weighted by Gasteiger charge is -2.32. The van der Waals surface area contributed by atoms with E-state index in [4.69, 9.17) is 11.6 Å². The van der Waals surface area contributed by atoms with Crippen LogP contribution in [0.15, 0.2) is 18.2 Å². The van der Waals surface area contributed by atoms with Crippen LogP contribution in [0.25, 0.3) is 0 Å². The van der Waals surface area contributed by atoms with Crippen LogP contribution in [0, 0.1) is 5.92 Å². The molecule has 0 heterocycles. The Morgan fingerprint density at radius 1 is 1.37 bits per heavy atom. The lowest BCUT2D eigenvalue weighted by Crippen LogP contribution is -2.34. The maximum atomic E-state index is 11.2. The van der Waals surface area contributed by atoms with Gasteiger partial charge in [-0.2, -0.15) is 0 Å². The third-order valence-corrected chi connectivity index (χ3v) is 3.93. The van der Waals surface area contributed by atoms with Gasteiger partial charge in [0.2, 0.25) is 0 Å². The number of rotatable bonds is 4. The Balaban J connectivity index is 2.20. The van der Waals surface area contributed by atoms with E-state index in [1.807, 2.05) is 0 Å². The molecule has 1 saturated carbocycles. The predicted molar refractivity (Wildman–Crippen MR) is 74.9 cm³/mol. The standard InChI is InChI=1S/C14H18ClNO3/c15-10-5-6-13(11(7-10)14(18)19)16-12-4-2-1-3-9(12)8-17/h5-7,9,12,16-17H,1-4,8H2,(H,18,19). The van der Waals surface area contributed by atoms with Crippen LogP contribution in [0.2, 0.25) is 5.02 Å². The van der Waals surface area contributed by atoms with Crippen LogP contribution >= 0.6 is 11.6 Å². The lowest BCUT2D eigenvalue weighted by molar-refractivity contribution is 0.0698. The van der Waals surface area contributed by atoms with Crippen LogP contribution in [0.4, 0.5) is 5.69 Å². The molecular formula is C14H18ClNO3. The molecule has 0 aromatic heterocycles. The number of halogens is 1. The van der Waals surface area contributed by atoms with E-state index in [0.29, 0.717) is 10.7 Å². The van der Waals surface area contributed by atoms with Gasteiger partial charge in [-0.1, -0.05) is 24.4 Å². The zero-order valence-electron chi connectivity index (χ0n) is 10.6. The van der Waals surface area contributed by atoms with Crippen molar-refractivity contribution in [2.75, 3.05) is 11.9 Å². The van der Waals surface area contributed by atoms with Crippen LogP contribution < -0.4 is 5.32 Å². The van der Waals surface area contributed by atoms with Gasteiger partial charge in [0.15, 0.2) is 0 Å². The molecule has 0 saturated heterocycles. The van der Waals surface area contributed by atoms with Gasteiger partial charge in [-0.3, -0.25) is 0 Å². The van der Waals surface area contributed by atoms with Gasteiger partial charge in [-0.25, -0.2) is 4.79 Å². The molecule has 1 aromatic carbocycles. The highest BCUT2D eigenvalue weighted by Gasteiger charge is 2.25. The van der Waals surface area contributed by atoms with Crippen LogP contribution in [-0.4, -0.2) is 28.8 Å². The molecule has 19 heavy (non-hydrogen) atoms. The Kier molecular flexibility index (Phi) is 4.66. The van der Waals surface area contributed by atoms with Crippen molar-refractivity contribution in [3.05, 3.63) is 28.8 Å². The monoisotopic (exact) mass is 283 g/mol. The third-order valence-electron chi connectivity index (χ3n) is 3.70. The molecule has 5 heteroatoms. The Labute approximate surface area is 117 Å². The Morgan fingerprint density at radius 2 is 2.11 bits per heavy atom.